The van der Waals surface area contributed by atoms with Gasteiger partial charge in [-0.15, -0.1) is 10.2 Å². The largest absolute Gasteiger partial charge is 0.340 e. The first-order valence-corrected chi connectivity index (χ1v) is 7.38. The Balaban J connectivity index is 1.68. The smallest absolute Gasteiger partial charge is 0.338 e. The zero-order valence-corrected chi connectivity index (χ0v) is 12.6. The predicted molar refractivity (Wildman–Crippen MR) is 78.5 cm³/mol. The number of aromatic nitrogens is 5. The van der Waals surface area contributed by atoms with Gasteiger partial charge in [0.15, 0.2) is 0 Å². The minimum atomic E-state index is -0.326. The Kier molecular flexibility index (Phi) is 5.04. The number of anilines is 1. The minimum Gasteiger partial charge on any atom is -0.338 e. The molecule has 0 unspecified atom stereocenters. The summed E-state index contributed by atoms with van der Waals surface area (Å²) in [6.45, 7) is 4.50. The molecule has 4 N–H and O–H groups in total. The van der Waals surface area contributed by atoms with Crippen molar-refractivity contribution in [1.29, 1.82) is 0 Å². The zero-order valence-electron chi connectivity index (χ0n) is 11.8. The van der Waals surface area contributed by atoms with Crippen molar-refractivity contribution in [2.24, 2.45) is 0 Å². The van der Waals surface area contributed by atoms with Gasteiger partial charge in [-0.1, -0.05) is 25.2 Å². The summed E-state index contributed by atoms with van der Waals surface area (Å²) in [5, 5.41) is 20.7. The number of urea groups is 1. The molecule has 21 heavy (non-hydrogen) atoms. The van der Waals surface area contributed by atoms with Gasteiger partial charge in [-0.2, -0.15) is 5.10 Å². The molecule has 2 amide bonds. The van der Waals surface area contributed by atoms with Crippen molar-refractivity contribution in [3.63, 3.8) is 0 Å². The van der Waals surface area contributed by atoms with Crippen LogP contribution in [0.25, 0.3) is 0 Å². The van der Waals surface area contributed by atoms with E-state index in [1.165, 1.54) is 11.3 Å². The summed E-state index contributed by atoms with van der Waals surface area (Å²) in [6.07, 6.45) is 1.25. The summed E-state index contributed by atoms with van der Waals surface area (Å²) in [6, 6.07) is -0.322. The van der Waals surface area contributed by atoms with Gasteiger partial charge < -0.3 is 5.32 Å². The molecule has 0 aliphatic heterocycles. The van der Waals surface area contributed by atoms with Gasteiger partial charge in [0, 0.05) is 18.9 Å². The summed E-state index contributed by atoms with van der Waals surface area (Å²) in [4.78, 5) is 25.0. The number of nitrogens with one attached hydrogen (secondary N) is 4. The molecule has 0 saturated heterocycles. The maximum atomic E-state index is 11.6. The van der Waals surface area contributed by atoms with Gasteiger partial charge in [-0.05, 0) is 6.42 Å². The van der Waals surface area contributed by atoms with Crippen molar-refractivity contribution < 1.29 is 4.79 Å². The Bertz CT molecular complexity index is 645. The molecule has 2 aromatic rings. The molecule has 2 aromatic heterocycles. The lowest BCUT2D eigenvalue weighted by Gasteiger charge is -2.03. The van der Waals surface area contributed by atoms with Gasteiger partial charge in [-0.3, -0.25) is 10.3 Å². The summed E-state index contributed by atoms with van der Waals surface area (Å²) in [5.41, 5.74) is -0.326. The van der Waals surface area contributed by atoms with Crippen LogP contribution in [-0.4, -0.2) is 38.0 Å². The van der Waals surface area contributed by atoms with Gasteiger partial charge in [-0.25, -0.2) is 14.7 Å². The SMILES string of the molecule is CC(C)c1nnc(NC(=O)NCCCc2n[nH]c(=O)[nH]2)s1. The lowest BCUT2D eigenvalue weighted by molar-refractivity contribution is 0.252. The van der Waals surface area contributed by atoms with Crippen LogP contribution >= 0.6 is 11.3 Å². The number of hydrogen-bond acceptors (Lipinski definition) is 6. The summed E-state index contributed by atoms with van der Waals surface area (Å²) in [5.74, 6) is 0.866. The van der Waals surface area contributed by atoms with E-state index in [2.05, 4.69) is 36.0 Å². The third-order valence-electron chi connectivity index (χ3n) is 2.58. The molecule has 0 bridgehead atoms. The molecular weight excluding hydrogens is 294 g/mol. The van der Waals surface area contributed by atoms with E-state index in [9.17, 15) is 9.59 Å². The van der Waals surface area contributed by atoms with Crippen molar-refractivity contribution in [3.05, 3.63) is 21.3 Å². The van der Waals surface area contributed by atoms with Crippen LogP contribution in [0.2, 0.25) is 0 Å². The van der Waals surface area contributed by atoms with Crippen LogP contribution in [0, 0.1) is 0 Å². The minimum absolute atomic E-state index is 0.289. The van der Waals surface area contributed by atoms with E-state index in [1.54, 1.807) is 0 Å². The van der Waals surface area contributed by atoms with E-state index < -0.39 is 0 Å². The van der Waals surface area contributed by atoms with Crippen LogP contribution in [0.1, 0.15) is 37.0 Å². The Labute approximate surface area is 124 Å². The van der Waals surface area contributed by atoms with Gasteiger partial charge in [0.1, 0.15) is 10.8 Å². The number of carbonyl (C=O) groups excluding carboxylic acids is 1. The highest BCUT2D eigenvalue weighted by atomic mass is 32.1. The molecule has 0 aliphatic rings. The fourth-order valence-electron chi connectivity index (χ4n) is 1.54. The summed E-state index contributed by atoms with van der Waals surface area (Å²) >= 11 is 1.36. The molecule has 2 heterocycles. The van der Waals surface area contributed by atoms with E-state index in [0.29, 0.717) is 30.3 Å². The molecule has 2 rings (SSSR count). The fourth-order valence-corrected chi connectivity index (χ4v) is 2.28. The van der Waals surface area contributed by atoms with E-state index in [-0.39, 0.29) is 17.6 Å². The number of H-pyrrole nitrogens is 2. The summed E-state index contributed by atoms with van der Waals surface area (Å²) in [7, 11) is 0. The second kappa shape index (κ2) is 6.97. The highest BCUT2D eigenvalue weighted by molar-refractivity contribution is 7.15. The molecule has 0 aromatic carbocycles. The van der Waals surface area contributed by atoms with Crippen LogP contribution in [0.4, 0.5) is 9.93 Å². The Morgan fingerprint density at radius 2 is 2.19 bits per heavy atom. The standard InChI is InChI=1S/C11H17N7O2S/c1-6(2)8-16-18-11(21-8)14-9(19)12-5-3-4-7-13-10(20)17-15-7/h6H,3-5H2,1-2H3,(H2,12,14,18,19)(H2,13,15,17,20). The number of carbonyl (C=O) groups is 1. The molecule has 0 radical (unpaired) electrons. The molecule has 0 atom stereocenters. The number of hydrogen-bond donors (Lipinski definition) is 4. The molecule has 0 saturated carbocycles. The number of nitrogens with zero attached hydrogens (tertiary/aromatic N) is 3. The van der Waals surface area contributed by atoms with Crippen LogP contribution in [0.3, 0.4) is 0 Å². The molecule has 114 valence electrons. The van der Waals surface area contributed by atoms with E-state index in [1.807, 2.05) is 13.8 Å². The first-order chi connectivity index (χ1) is 10.0. The lowest BCUT2D eigenvalue weighted by atomic mass is 10.2. The average molecular weight is 311 g/mol. The second-order valence-electron chi connectivity index (χ2n) is 4.71. The number of amides is 2. The normalized spacial score (nSPS) is 10.8. The van der Waals surface area contributed by atoms with Crippen LogP contribution in [0.5, 0.6) is 0 Å². The molecule has 0 fully saturated rings. The number of aromatic amines is 2. The van der Waals surface area contributed by atoms with Gasteiger partial charge >= 0.3 is 11.7 Å². The third kappa shape index (κ3) is 4.67. The van der Waals surface area contributed by atoms with Gasteiger partial charge in [0.05, 0.1) is 0 Å². The van der Waals surface area contributed by atoms with E-state index in [0.717, 1.165) is 5.01 Å². The Morgan fingerprint density at radius 1 is 1.38 bits per heavy atom. The van der Waals surface area contributed by atoms with Crippen molar-refractivity contribution in [1.82, 2.24) is 30.7 Å². The highest BCUT2D eigenvalue weighted by Gasteiger charge is 2.09. The highest BCUT2D eigenvalue weighted by Crippen LogP contribution is 2.22. The summed E-state index contributed by atoms with van der Waals surface area (Å²) < 4.78 is 0. The number of aryl methyl sites for hydroxylation is 1. The maximum Gasteiger partial charge on any atom is 0.340 e. The topological polar surface area (TPSA) is 128 Å². The molecule has 0 aliphatic carbocycles. The van der Waals surface area contributed by atoms with Crippen LogP contribution < -0.4 is 16.3 Å². The first-order valence-electron chi connectivity index (χ1n) is 6.56. The average Bonchev–Trinajstić information content (AvgIpc) is 3.04. The third-order valence-corrected chi connectivity index (χ3v) is 3.72. The number of rotatable bonds is 6. The van der Waals surface area contributed by atoms with Crippen molar-refractivity contribution in [2.45, 2.75) is 32.6 Å². The van der Waals surface area contributed by atoms with Crippen LogP contribution in [-0.2, 0) is 6.42 Å². The maximum absolute atomic E-state index is 11.6. The predicted octanol–water partition coefficient (Wildman–Crippen LogP) is 0.827. The Morgan fingerprint density at radius 3 is 2.81 bits per heavy atom. The molecule has 10 heteroatoms. The van der Waals surface area contributed by atoms with Crippen molar-refractivity contribution in [2.75, 3.05) is 11.9 Å². The molecular formula is C11H17N7O2S. The van der Waals surface area contributed by atoms with Gasteiger partial charge in [0.25, 0.3) is 0 Å². The Hall–Kier alpha value is -2.23. The van der Waals surface area contributed by atoms with Crippen molar-refractivity contribution in [3.8, 4) is 0 Å². The lowest BCUT2D eigenvalue weighted by Crippen LogP contribution is -2.29. The van der Waals surface area contributed by atoms with Crippen molar-refractivity contribution >= 4 is 22.5 Å². The zero-order chi connectivity index (χ0) is 15.2. The molecule has 9 nitrogen and oxygen atoms in total. The first kappa shape index (κ1) is 15.2. The quantitative estimate of drug-likeness (QED) is 0.587. The van der Waals surface area contributed by atoms with Gasteiger partial charge in [0.2, 0.25) is 5.13 Å². The second-order valence-corrected chi connectivity index (χ2v) is 5.72. The van der Waals surface area contributed by atoms with E-state index in [4.69, 9.17) is 0 Å². The molecule has 0 spiro atoms. The monoisotopic (exact) mass is 311 g/mol. The fraction of sp³-hybridized carbons (Fsp3) is 0.545. The van der Waals surface area contributed by atoms with E-state index >= 15 is 0 Å². The van der Waals surface area contributed by atoms with Crippen LogP contribution in [0.15, 0.2) is 4.79 Å².